The average Bonchev–Trinajstić information content (AvgIpc) is 2.87. The fourth-order valence-corrected chi connectivity index (χ4v) is 2.14. The summed E-state index contributed by atoms with van der Waals surface area (Å²) >= 11 is 0. The Kier molecular flexibility index (Phi) is 4.52. The number of benzene rings is 1. The Labute approximate surface area is 120 Å². The summed E-state index contributed by atoms with van der Waals surface area (Å²) in [6, 6.07) is 3.58. The van der Waals surface area contributed by atoms with Crippen molar-refractivity contribution < 1.29 is 23.9 Å². The van der Waals surface area contributed by atoms with E-state index in [2.05, 4.69) is 10.6 Å². The van der Waals surface area contributed by atoms with Crippen LogP contribution in [-0.2, 0) is 20.8 Å². The summed E-state index contributed by atoms with van der Waals surface area (Å²) in [5, 5.41) is 14.0. The number of carboxylic acid groups (broad SMARTS) is 1. The minimum Gasteiger partial charge on any atom is -0.480 e. The zero-order valence-electron chi connectivity index (χ0n) is 11.1. The molecule has 1 heterocycles. The van der Waals surface area contributed by atoms with E-state index in [4.69, 9.17) is 5.11 Å². The lowest BCUT2D eigenvalue weighted by molar-refractivity contribution is -0.142. The number of amides is 2. The molecule has 1 aromatic rings. The number of rotatable bonds is 5. The summed E-state index contributed by atoms with van der Waals surface area (Å²) < 4.78 is 12.8. The maximum absolute atomic E-state index is 12.8. The van der Waals surface area contributed by atoms with Crippen LogP contribution < -0.4 is 10.6 Å². The van der Waals surface area contributed by atoms with Gasteiger partial charge in [0.2, 0.25) is 11.8 Å². The number of halogens is 1. The predicted octanol–water partition coefficient (Wildman–Crippen LogP) is 0.216. The van der Waals surface area contributed by atoms with E-state index in [9.17, 15) is 18.8 Å². The van der Waals surface area contributed by atoms with Gasteiger partial charge in [-0.15, -0.1) is 0 Å². The van der Waals surface area contributed by atoms with Crippen LogP contribution in [0.1, 0.15) is 18.4 Å². The van der Waals surface area contributed by atoms with Gasteiger partial charge in [-0.05, 0) is 24.1 Å². The highest BCUT2D eigenvalue weighted by molar-refractivity contribution is 5.92. The SMILES string of the molecule is O=C1CC[C@@H](C(=O)N[C@H](Cc2ccc(F)cc2)C(=O)O)N1. The van der Waals surface area contributed by atoms with Crippen molar-refractivity contribution in [2.45, 2.75) is 31.3 Å². The van der Waals surface area contributed by atoms with E-state index in [1.165, 1.54) is 24.3 Å². The van der Waals surface area contributed by atoms with E-state index in [0.29, 0.717) is 12.0 Å². The molecule has 1 aromatic carbocycles. The van der Waals surface area contributed by atoms with Gasteiger partial charge >= 0.3 is 5.97 Å². The molecule has 2 amide bonds. The zero-order chi connectivity index (χ0) is 15.4. The maximum atomic E-state index is 12.8. The standard InChI is InChI=1S/C14H15FN2O4/c15-9-3-1-8(2-4-9)7-11(14(20)21)17-13(19)10-5-6-12(18)16-10/h1-4,10-11H,5-7H2,(H,16,18)(H,17,19)(H,20,21)/t10-,11+/m0/s1. The summed E-state index contributed by atoms with van der Waals surface area (Å²) in [6.07, 6.45) is 0.656. The monoisotopic (exact) mass is 294 g/mol. The van der Waals surface area contributed by atoms with E-state index in [1.807, 2.05) is 0 Å². The second kappa shape index (κ2) is 6.34. The highest BCUT2D eigenvalue weighted by atomic mass is 19.1. The molecule has 1 fully saturated rings. The number of hydrogen-bond acceptors (Lipinski definition) is 3. The minimum atomic E-state index is -1.18. The van der Waals surface area contributed by atoms with Crippen molar-refractivity contribution in [2.24, 2.45) is 0 Å². The molecule has 112 valence electrons. The lowest BCUT2D eigenvalue weighted by Gasteiger charge is -2.17. The molecule has 21 heavy (non-hydrogen) atoms. The predicted molar refractivity (Wildman–Crippen MR) is 70.8 cm³/mol. The van der Waals surface area contributed by atoms with Crippen molar-refractivity contribution >= 4 is 17.8 Å². The highest BCUT2D eigenvalue weighted by Gasteiger charge is 2.30. The van der Waals surface area contributed by atoms with Gasteiger partial charge in [0.05, 0.1) is 0 Å². The summed E-state index contributed by atoms with van der Waals surface area (Å²) in [5.74, 6) is -2.34. The topological polar surface area (TPSA) is 95.5 Å². The number of carboxylic acids is 1. The second-order valence-electron chi connectivity index (χ2n) is 4.89. The van der Waals surface area contributed by atoms with Gasteiger partial charge in [0, 0.05) is 12.8 Å². The van der Waals surface area contributed by atoms with Crippen molar-refractivity contribution in [1.82, 2.24) is 10.6 Å². The van der Waals surface area contributed by atoms with Gasteiger partial charge in [-0.25, -0.2) is 9.18 Å². The van der Waals surface area contributed by atoms with Crippen LogP contribution in [0.15, 0.2) is 24.3 Å². The summed E-state index contributed by atoms with van der Waals surface area (Å²) in [5.41, 5.74) is 0.597. The molecule has 3 N–H and O–H groups in total. The third kappa shape index (κ3) is 4.01. The van der Waals surface area contributed by atoms with E-state index in [1.54, 1.807) is 0 Å². The number of nitrogens with one attached hydrogen (secondary N) is 2. The Morgan fingerprint density at radius 1 is 1.38 bits per heavy atom. The van der Waals surface area contributed by atoms with Crippen LogP contribution >= 0.6 is 0 Å². The molecular weight excluding hydrogens is 279 g/mol. The van der Waals surface area contributed by atoms with Gasteiger partial charge in [-0.3, -0.25) is 9.59 Å². The molecule has 0 saturated carbocycles. The summed E-state index contributed by atoms with van der Waals surface area (Å²) in [6.45, 7) is 0. The molecule has 0 aromatic heterocycles. The first-order valence-electron chi connectivity index (χ1n) is 6.52. The first-order chi connectivity index (χ1) is 9.95. The largest absolute Gasteiger partial charge is 0.480 e. The van der Waals surface area contributed by atoms with Crippen LogP contribution in [0.4, 0.5) is 4.39 Å². The van der Waals surface area contributed by atoms with Crippen molar-refractivity contribution in [2.75, 3.05) is 0 Å². The first-order valence-corrected chi connectivity index (χ1v) is 6.52. The van der Waals surface area contributed by atoms with Gasteiger partial charge in [0.15, 0.2) is 0 Å². The molecule has 6 nitrogen and oxygen atoms in total. The van der Waals surface area contributed by atoms with Crippen molar-refractivity contribution in [1.29, 1.82) is 0 Å². The average molecular weight is 294 g/mol. The molecule has 1 aliphatic heterocycles. The van der Waals surface area contributed by atoms with E-state index in [-0.39, 0.29) is 18.7 Å². The van der Waals surface area contributed by atoms with Crippen LogP contribution in [-0.4, -0.2) is 35.0 Å². The summed E-state index contributed by atoms with van der Waals surface area (Å²) in [4.78, 5) is 34.2. The number of carbonyl (C=O) groups excluding carboxylic acids is 2. The zero-order valence-corrected chi connectivity index (χ0v) is 11.1. The molecule has 0 bridgehead atoms. The first kappa shape index (κ1) is 15.0. The Morgan fingerprint density at radius 2 is 2.05 bits per heavy atom. The lowest BCUT2D eigenvalue weighted by Crippen LogP contribution is -2.49. The lowest BCUT2D eigenvalue weighted by atomic mass is 10.1. The second-order valence-corrected chi connectivity index (χ2v) is 4.89. The van der Waals surface area contributed by atoms with Crippen molar-refractivity contribution in [3.8, 4) is 0 Å². The van der Waals surface area contributed by atoms with Gasteiger partial charge in [0.25, 0.3) is 0 Å². The molecule has 2 rings (SSSR count). The van der Waals surface area contributed by atoms with Crippen LogP contribution in [0.5, 0.6) is 0 Å². The van der Waals surface area contributed by atoms with Gasteiger partial charge in [-0.1, -0.05) is 12.1 Å². The molecule has 0 unspecified atom stereocenters. The number of hydrogen-bond donors (Lipinski definition) is 3. The van der Waals surface area contributed by atoms with Crippen molar-refractivity contribution in [3.05, 3.63) is 35.6 Å². The van der Waals surface area contributed by atoms with Gasteiger partial charge in [0.1, 0.15) is 17.9 Å². The molecule has 7 heteroatoms. The molecule has 2 atom stereocenters. The number of carbonyl (C=O) groups is 3. The molecular formula is C14H15FN2O4. The van der Waals surface area contributed by atoms with Gasteiger partial charge in [-0.2, -0.15) is 0 Å². The Balaban J connectivity index is 1.99. The molecule has 1 aliphatic rings. The van der Waals surface area contributed by atoms with Gasteiger partial charge < -0.3 is 15.7 Å². The Morgan fingerprint density at radius 3 is 2.57 bits per heavy atom. The normalized spacial score (nSPS) is 18.9. The van der Waals surface area contributed by atoms with E-state index >= 15 is 0 Å². The van der Waals surface area contributed by atoms with E-state index < -0.39 is 29.8 Å². The Bertz CT molecular complexity index is 559. The third-order valence-electron chi connectivity index (χ3n) is 3.28. The minimum absolute atomic E-state index is 0.0437. The molecule has 0 spiro atoms. The smallest absolute Gasteiger partial charge is 0.326 e. The molecule has 0 aliphatic carbocycles. The van der Waals surface area contributed by atoms with Crippen molar-refractivity contribution in [3.63, 3.8) is 0 Å². The van der Waals surface area contributed by atoms with Crippen LogP contribution in [0, 0.1) is 5.82 Å². The summed E-state index contributed by atoms with van der Waals surface area (Å²) in [7, 11) is 0. The maximum Gasteiger partial charge on any atom is 0.326 e. The fourth-order valence-electron chi connectivity index (χ4n) is 2.14. The quantitative estimate of drug-likeness (QED) is 0.723. The van der Waals surface area contributed by atoms with Crippen LogP contribution in [0.2, 0.25) is 0 Å². The Hall–Kier alpha value is -2.44. The highest BCUT2D eigenvalue weighted by Crippen LogP contribution is 2.09. The molecule has 1 saturated heterocycles. The third-order valence-corrected chi connectivity index (χ3v) is 3.28. The fraction of sp³-hybridized carbons (Fsp3) is 0.357. The number of aliphatic carboxylic acids is 1. The van der Waals surface area contributed by atoms with E-state index in [0.717, 1.165) is 0 Å². The van der Waals surface area contributed by atoms with Crippen LogP contribution in [0.25, 0.3) is 0 Å². The van der Waals surface area contributed by atoms with Crippen LogP contribution in [0.3, 0.4) is 0 Å². The molecule has 0 radical (unpaired) electrons.